The summed E-state index contributed by atoms with van der Waals surface area (Å²) >= 11 is 0. The second-order valence-corrected chi connectivity index (χ2v) is 8.05. The lowest BCUT2D eigenvalue weighted by Gasteiger charge is -2.28. The van der Waals surface area contributed by atoms with Crippen molar-refractivity contribution >= 4 is 17.3 Å². The maximum atomic E-state index is 10.2. The monoisotopic (exact) mass is 398 g/mol. The van der Waals surface area contributed by atoms with Crippen LogP contribution in [0.3, 0.4) is 0 Å². The molecule has 2 atom stereocenters. The third kappa shape index (κ3) is 4.35. The number of β-amino-alcohol motifs (C(OH)–C–C–N with tert-alkyl or cyclic N) is 1. The van der Waals surface area contributed by atoms with Gasteiger partial charge in [0.05, 0.1) is 24.5 Å². The number of anilines is 2. The van der Waals surface area contributed by atoms with E-state index in [1.54, 1.807) is 4.68 Å². The van der Waals surface area contributed by atoms with Crippen LogP contribution in [0.15, 0.2) is 24.5 Å². The number of nitrogens with one attached hydrogen (secondary N) is 3. The molecule has 4 N–H and O–H groups in total. The highest BCUT2D eigenvalue weighted by Crippen LogP contribution is 2.25. The van der Waals surface area contributed by atoms with Crippen LogP contribution in [0.25, 0.3) is 5.65 Å². The fourth-order valence-electron chi connectivity index (χ4n) is 3.71. The van der Waals surface area contributed by atoms with Crippen molar-refractivity contribution in [2.24, 2.45) is 13.0 Å². The van der Waals surface area contributed by atoms with Gasteiger partial charge >= 0.3 is 0 Å². The minimum atomic E-state index is -0.331. The summed E-state index contributed by atoms with van der Waals surface area (Å²) in [5.41, 5.74) is 2.91. The van der Waals surface area contributed by atoms with Crippen molar-refractivity contribution in [3.05, 3.63) is 35.8 Å². The van der Waals surface area contributed by atoms with Gasteiger partial charge in [-0.1, -0.05) is 13.8 Å². The van der Waals surface area contributed by atoms with Gasteiger partial charge in [0, 0.05) is 43.9 Å². The molecule has 29 heavy (non-hydrogen) atoms. The van der Waals surface area contributed by atoms with Gasteiger partial charge in [-0.3, -0.25) is 4.68 Å². The van der Waals surface area contributed by atoms with Gasteiger partial charge in [-0.2, -0.15) is 14.7 Å². The summed E-state index contributed by atoms with van der Waals surface area (Å²) < 4.78 is 3.64. The quantitative estimate of drug-likeness (QED) is 0.479. The summed E-state index contributed by atoms with van der Waals surface area (Å²) in [7, 11) is 1.91. The summed E-state index contributed by atoms with van der Waals surface area (Å²) in [5, 5.41) is 29.3. The van der Waals surface area contributed by atoms with Gasteiger partial charge in [-0.05, 0) is 24.9 Å². The molecule has 0 aromatic carbocycles. The number of hydrogen-bond acceptors (Lipinski definition) is 7. The third-order valence-corrected chi connectivity index (χ3v) is 5.48. The molecule has 0 amide bonds. The fraction of sp³-hybridized carbons (Fsp3) is 0.550. The normalized spacial score (nSPS) is 19.8. The van der Waals surface area contributed by atoms with Crippen LogP contribution in [0.5, 0.6) is 0 Å². The molecule has 1 aliphatic rings. The van der Waals surface area contributed by atoms with Crippen molar-refractivity contribution in [1.29, 1.82) is 0 Å². The van der Waals surface area contributed by atoms with Crippen molar-refractivity contribution in [3.8, 4) is 0 Å². The van der Waals surface area contributed by atoms with E-state index in [-0.39, 0.29) is 12.0 Å². The molecule has 3 aromatic rings. The number of aromatic nitrogens is 5. The van der Waals surface area contributed by atoms with Crippen LogP contribution >= 0.6 is 0 Å². The molecule has 9 nitrogen and oxygen atoms in total. The highest BCUT2D eigenvalue weighted by Gasteiger charge is 2.23. The Morgan fingerprint density at radius 1 is 1.34 bits per heavy atom. The number of rotatable bonds is 7. The van der Waals surface area contributed by atoms with Crippen molar-refractivity contribution in [3.63, 3.8) is 0 Å². The Bertz CT molecular complexity index is 963. The van der Waals surface area contributed by atoms with E-state index >= 15 is 0 Å². The molecule has 9 heteroatoms. The Morgan fingerprint density at radius 3 is 2.93 bits per heavy atom. The van der Waals surface area contributed by atoms with Crippen LogP contribution < -0.4 is 16.0 Å². The Balaban J connectivity index is 1.58. The average Bonchev–Trinajstić information content (AvgIpc) is 3.31. The fourth-order valence-corrected chi connectivity index (χ4v) is 3.71. The number of aryl methyl sites for hydroxylation is 1. The Kier molecular flexibility index (Phi) is 5.68. The maximum Gasteiger partial charge on any atom is 0.163 e. The third-order valence-electron chi connectivity index (χ3n) is 5.48. The van der Waals surface area contributed by atoms with Crippen LogP contribution in [0.1, 0.15) is 37.4 Å². The molecular formula is C20H30N8O. The van der Waals surface area contributed by atoms with Gasteiger partial charge in [-0.25, -0.2) is 4.98 Å². The number of piperidine rings is 1. The number of aliphatic hydroxyl groups is 1. The zero-order valence-corrected chi connectivity index (χ0v) is 17.3. The summed E-state index contributed by atoms with van der Waals surface area (Å²) in [5.74, 6) is 2.19. The Labute approximate surface area is 170 Å². The number of hydrogen-bond donors (Lipinski definition) is 4. The predicted octanol–water partition coefficient (Wildman–Crippen LogP) is 1.58. The minimum absolute atomic E-state index is 0.216. The van der Waals surface area contributed by atoms with Crippen LogP contribution in [0.2, 0.25) is 0 Å². The minimum Gasteiger partial charge on any atom is -0.391 e. The molecule has 4 rings (SSSR count). The van der Waals surface area contributed by atoms with E-state index in [0.717, 1.165) is 41.5 Å². The largest absolute Gasteiger partial charge is 0.391 e. The van der Waals surface area contributed by atoms with Crippen LogP contribution in [-0.4, -0.2) is 55.2 Å². The van der Waals surface area contributed by atoms with Crippen molar-refractivity contribution in [2.75, 3.05) is 30.3 Å². The summed E-state index contributed by atoms with van der Waals surface area (Å²) in [6.45, 7) is 7.17. The smallest absolute Gasteiger partial charge is 0.163 e. The van der Waals surface area contributed by atoms with Crippen molar-refractivity contribution in [1.82, 2.24) is 29.7 Å². The average molecular weight is 399 g/mol. The van der Waals surface area contributed by atoms with E-state index in [1.807, 2.05) is 36.1 Å². The van der Waals surface area contributed by atoms with Crippen molar-refractivity contribution < 1.29 is 5.11 Å². The van der Waals surface area contributed by atoms with E-state index in [0.29, 0.717) is 25.6 Å². The molecule has 0 spiro atoms. The van der Waals surface area contributed by atoms with Gasteiger partial charge in [0.1, 0.15) is 11.6 Å². The zero-order chi connectivity index (χ0) is 20.4. The van der Waals surface area contributed by atoms with Crippen molar-refractivity contribution in [2.45, 2.75) is 38.8 Å². The number of nitrogens with zero attached hydrogens (tertiary/aromatic N) is 5. The highest BCUT2D eigenvalue weighted by molar-refractivity contribution is 5.61. The van der Waals surface area contributed by atoms with Gasteiger partial charge in [0.25, 0.3) is 0 Å². The van der Waals surface area contributed by atoms with E-state index in [4.69, 9.17) is 4.98 Å². The first kappa shape index (κ1) is 19.7. The first-order valence-electron chi connectivity index (χ1n) is 10.2. The molecule has 3 aromatic heterocycles. The first-order chi connectivity index (χ1) is 14.0. The highest BCUT2D eigenvalue weighted by atomic mass is 16.3. The summed E-state index contributed by atoms with van der Waals surface area (Å²) in [6, 6.07) is 3.96. The molecule has 0 radical (unpaired) electrons. The van der Waals surface area contributed by atoms with Gasteiger partial charge < -0.3 is 21.1 Å². The molecule has 0 bridgehead atoms. The van der Waals surface area contributed by atoms with E-state index < -0.39 is 0 Å². The van der Waals surface area contributed by atoms with E-state index in [1.165, 1.54) is 0 Å². The van der Waals surface area contributed by atoms with Crippen LogP contribution in [-0.2, 0) is 13.6 Å². The zero-order valence-electron chi connectivity index (χ0n) is 17.3. The number of fused-ring (bicyclic) bond motifs is 1. The lowest BCUT2D eigenvalue weighted by Crippen LogP contribution is -2.43. The topological polar surface area (TPSA) is 104 Å². The lowest BCUT2D eigenvalue weighted by molar-refractivity contribution is 0.0883. The molecule has 0 saturated carbocycles. The second kappa shape index (κ2) is 8.38. The van der Waals surface area contributed by atoms with E-state index in [9.17, 15) is 5.11 Å². The molecule has 156 valence electrons. The second-order valence-electron chi connectivity index (χ2n) is 8.05. The number of aliphatic hydroxyl groups excluding tert-OH is 1. The maximum absolute atomic E-state index is 10.2. The molecule has 1 aliphatic heterocycles. The van der Waals surface area contributed by atoms with Gasteiger partial charge in [0.15, 0.2) is 5.65 Å². The molecule has 1 fully saturated rings. The first-order valence-corrected chi connectivity index (χ1v) is 10.2. The molecule has 0 aliphatic carbocycles. The Morgan fingerprint density at radius 2 is 2.21 bits per heavy atom. The SMILES string of the molecule is CC(C)c1cnn2c(NCc3ccn(C)n3)cc(NC[C@H]3CCNC[C@@H]3O)nc12. The van der Waals surface area contributed by atoms with E-state index in [2.05, 4.69) is 40.0 Å². The molecule has 1 saturated heterocycles. The standard InChI is InChI=1S/C20H30N8O/c1-13(2)16-11-24-28-19(23-10-15-5-7-27(3)26-15)8-18(25-20(16)28)22-9-14-4-6-21-12-17(14)29/h5,7-8,11,13-14,17,21,23,29H,4,6,9-10,12H2,1-3H3,(H,22,25)/t14-,17+/m1/s1. The van der Waals surface area contributed by atoms with Gasteiger partial charge in [-0.15, -0.1) is 0 Å². The predicted molar refractivity (Wildman–Crippen MR) is 113 cm³/mol. The summed E-state index contributed by atoms with van der Waals surface area (Å²) in [6.07, 6.45) is 4.44. The van der Waals surface area contributed by atoms with Crippen LogP contribution in [0.4, 0.5) is 11.6 Å². The summed E-state index contributed by atoms with van der Waals surface area (Å²) in [4.78, 5) is 4.82. The Hall–Kier alpha value is -2.65. The van der Waals surface area contributed by atoms with Crippen LogP contribution in [0, 0.1) is 5.92 Å². The molecular weight excluding hydrogens is 368 g/mol. The lowest BCUT2D eigenvalue weighted by atomic mass is 9.95. The molecule has 0 unspecified atom stereocenters. The molecule has 4 heterocycles. The van der Waals surface area contributed by atoms with Gasteiger partial charge in [0.2, 0.25) is 0 Å².